The molecule has 0 bridgehead atoms. The second kappa shape index (κ2) is 4.54. The van der Waals surface area contributed by atoms with E-state index in [1.54, 1.807) is 0 Å². The maximum absolute atomic E-state index is 11.2. The Hall–Kier alpha value is -1.45. The number of carboxylic acid groups (broad SMARTS) is 1. The molecule has 1 fully saturated rings. The molecule has 0 aromatic carbocycles. The van der Waals surface area contributed by atoms with Crippen molar-refractivity contribution in [1.29, 1.82) is 0 Å². The quantitative estimate of drug-likeness (QED) is 0.727. The average Bonchev–Trinajstić information content (AvgIpc) is 2.90. The number of fused-ring (bicyclic) bond motifs is 1. The molecule has 3 N–H and O–H groups in total. The third-order valence-corrected chi connectivity index (χ3v) is 5.69. The molecule has 20 heavy (non-hydrogen) atoms. The molecule has 0 radical (unpaired) electrons. The Bertz CT molecular complexity index is 546. The summed E-state index contributed by atoms with van der Waals surface area (Å²) >= 11 is 0. The molecule has 3 heterocycles. The van der Waals surface area contributed by atoms with E-state index in [1.807, 2.05) is 6.92 Å². The van der Waals surface area contributed by atoms with E-state index >= 15 is 0 Å². The van der Waals surface area contributed by atoms with Gasteiger partial charge in [0.15, 0.2) is 0 Å². The fraction of sp³-hybridized carbons (Fsp3) is 0.636. The Morgan fingerprint density at radius 3 is 2.85 bits per heavy atom. The van der Waals surface area contributed by atoms with Gasteiger partial charge in [-0.05, 0) is 13.3 Å². The molecule has 3 rings (SSSR count). The zero-order valence-electron chi connectivity index (χ0n) is 11.0. The fourth-order valence-electron chi connectivity index (χ4n) is 2.71. The Balaban J connectivity index is 1.95. The average molecular weight is 303 g/mol. The van der Waals surface area contributed by atoms with Crippen LogP contribution < -0.4 is 4.31 Å². The van der Waals surface area contributed by atoms with Crippen LogP contribution in [0.1, 0.15) is 24.6 Å². The molecule has 9 heteroatoms. The van der Waals surface area contributed by atoms with Crippen molar-refractivity contribution in [2.75, 3.05) is 16.6 Å². The highest BCUT2D eigenvalue weighted by atomic mass is 32.3. The van der Waals surface area contributed by atoms with Crippen LogP contribution in [0, 0.1) is 0 Å². The van der Waals surface area contributed by atoms with Crippen molar-refractivity contribution >= 4 is 22.8 Å². The number of hydrogen-bond acceptors (Lipinski definition) is 6. The van der Waals surface area contributed by atoms with E-state index in [2.05, 4.69) is 5.16 Å². The summed E-state index contributed by atoms with van der Waals surface area (Å²) in [7, 11) is -2.86. The van der Waals surface area contributed by atoms with Crippen LogP contribution in [-0.4, -0.2) is 48.7 Å². The van der Waals surface area contributed by atoms with Crippen LogP contribution in [0.3, 0.4) is 0 Å². The number of hydrogen-bond donors (Lipinski definition) is 3. The van der Waals surface area contributed by atoms with E-state index in [0.717, 1.165) is 0 Å². The van der Waals surface area contributed by atoms with Crippen LogP contribution in [0.4, 0.5) is 10.7 Å². The second-order valence-corrected chi connectivity index (χ2v) is 7.28. The van der Waals surface area contributed by atoms with Crippen LogP contribution in [-0.2, 0) is 13.0 Å². The molecular formula is C11H17N3O5S. The number of aromatic nitrogens is 1. The van der Waals surface area contributed by atoms with Gasteiger partial charge >= 0.3 is 6.09 Å². The minimum absolute atomic E-state index is 0.163. The van der Waals surface area contributed by atoms with Crippen LogP contribution in [0.25, 0.3) is 0 Å². The second-order valence-electron chi connectivity index (χ2n) is 5.17. The van der Waals surface area contributed by atoms with Gasteiger partial charge in [-0.15, -0.1) is 10.8 Å². The molecule has 2 aliphatic heterocycles. The highest BCUT2D eigenvalue weighted by molar-refractivity contribution is 8.25. The first-order valence-electron chi connectivity index (χ1n) is 6.41. The van der Waals surface area contributed by atoms with Gasteiger partial charge < -0.3 is 14.5 Å². The number of amides is 1. The molecule has 112 valence electrons. The molecule has 0 aliphatic carbocycles. The molecule has 1 saturated heterocycles. The van der Waals surface area contributed by atoms with E-state index in [4.69, 9.17) is 4.52 Å². The number of carbonyl (C=O) groups is 1. The van der Waals surface area contributed by atoms with Crippen molar-refractivity contribution < 1.29 is 23.5 Å². The zero-order valence-corrected chi connectivity index (χ0v) is 11.8. The minimum atomic E-state index is -2.86. The molecule has 0 saturated carbocycles. The Morgan fingerprint density at radius 2 is 2.25 bits per heavy atom. The van der Waals surface area contributed by atoms with Gasteiger partial charge in [-0.1, -0.05) is 5.16 Å². The first kappa shape index (κ1) is 13.5. The van der Waals surface area contributed by atoms with E-state index < -0.39 is 16.9 Å². The van der Waals surface area contributed by atoms with Crippen molar-refractivity contribution in [3.05, 3.63) is 11.3 Å². The van der Waals surface area contributed by atoms with Crippen molar-refractivity contribution in [2.24, 2.45) is 0 Å². The molecule has 1 amide bonds. The van der Waals surface area contributed by atoms with Crippen LogP contribution in [0.2, 0.25) is 0 Å². The summed E-state index contributed by atoms with van der Waals surface area (Å²) in [6, 6.07) is -0.170. The smallest absolute Gasteiger partial charge is 0.407 e. The summed E-state index contributed by atoms with van der Waals surface area (Å²) in [6.07, 6.45) is 0.137. The normalized spacial score (nSPS) is 26.4. The fourth-order valence-corrected chi connectivity index (χ4v) is 4.28. The van der Waals surface area contributed by atoms with E-state index in [-0.39, 0.29) is 12.6 Å². The lowest BCUT2D eigenvalue weighted by molar-refractivity contribution is 0.119. The molecule has 8 nitrogen and oxygen atoms in total. The topological polar surface area (TPSA) is 110 Å². The maximum atomic E-state index is 11.2. The Morgan fingerprint density at radius 1 is 1.50 bits per heavy atom. The van der Waals surface area contributed by atoms with E-state index in [0.29, 0.717) is 42.3 Å². The summed E-state index contributed by atoms with van der Waals surface area (Å²) in [6.45, 7) is 2.46. The molecular weight excluding hydrogens is 286 g/mol. The Kier molecular flexibility index (Phi) is 3.07. The molecule has 1 atom stereocenters. The Labute approximate surface area is 117 Å². The third kappa shape index (κ3) is 2.02. The first-order valence-corrected chi connectivity index (χ1v) is 8.08. The van der Waals surface area contributed by atoms with Crippen molar-refractivity contribution in [3.8, 4) is 0 Å². The van der Waals surface area contributed by atoms with Crippen LogP contribution in [0.15, 0.2) is 4.52 Å². The van der Waals surface area contributed by atoms with Crippen molar-refractivity contribution in [2.45, 2.75) is 32.4 Å². The maximum Gasteiger partial charge on any atom is 0.407 e. The highest BCUT2D eigenvalue weighted by Gasteiger charge is 2.38. The van der Waals surface area contributed by atoms with Crippen LogP contribution >= 0.6 is 10.8 Å². The van der Waals surface area contributed by atoms with Gasteiger partial charge in [0.2, 0.25) is 0 Å². The molecule has 2 aliphatic rings. The van der Waals surface area contributed by atoms with Gasteiger partial charge in [0.1, 0.15) is 0 Å². The molecule has 1 aromatic rings. The lowest BCUT2D eigenvalue weighted by Gasteiger charge is -2.37. The van der Waals surface area contributed by atoms with Crippen molar-refractivity contribution in [1.82, 2.24) is 10.1 Å². The van der Waals surface area contributed by atoms with E-state index in [9.17, 15) is 19.0 Å². The van der Waals surface area contributed by atoms with Gasteiger partial charge in [0.05, 0.1) is 23.6 Å². The van der Waals surface area contributed by atoms with Gasteiger partial charge in [-0.25, -0.2) is 9.10 Å². The van der Waals surface area contributed by atoms with Gasteiger partial charge in [-0.2, -0.15) is 0 Å². The van der Waals surface area contributed by atoms with E-state index in [1.165, 1.54) is 9.21 Å². The summed E-state index contributed by atoms with van der Waals surface area (Å²) in [4.78, 5) is 12.5. The predicted molar refractivity (Wildman–Crippen MR) is 72.9 cm³/mol. The number of nitrogens with zero attached hydrogens (tertiary/aromatic N) is 3. The molecule has 0 spiro atoms. The third-order valence-electron chi connectivity index (χ3n) is 3.80. The van der Waals surface area contributed by atoms with Gasteiger partial charge in [0, 0.05) is 19.0 Å². The SMILES string of the molecule is CC1Cc2noc(N3CCCS3(O)O)c2CN1C(=O)O. The number of anilines is 1. The molecule has 1 aromatic heterocycles. The summed E-state index contributed by atoms with van der Waals surface area (Å²) < 4.78 is 26.7. The summed E-state index contributed by atoms with van der Waals surface area (Å²) in [5, 5.41) is 13.2. The predicted octanol–water partition coefficient (Wildman–Crippen LogP) is 1.97. The monoisotopic (exact) mass is 303 g/mol. The van der Waals surface area contributed by atoms with Crippen LogP contribution in [0.5, 0.6) is 0 Å². The lowest BCUT2D eigenvalue weighted by Crippen LogP contribution is -2.42. The highest BCUT2D eigenvalue weighted by Crippen LogP contribution is 2.52. The summed E-state index contributed by atoms with van der Waals surface area (Å²) in [5.74, 6) is 0.609. The largest absolute Gasteiger partial charge is 0.465 e. The lowest BCUT2D eigenvalue weighted by atomic mass is 10.0. The molecule has 1 unspecified atom stereocenters. The summed E-state index contributed by atoms with van der Waals surface area (Å²) in [5.41, 5.74) is 1.35. The number of rotatable bonds is 1. The van der Waals surface area contributed by atoms with Gasteiger partial charge in [0.25, 0.3) is 5.88 Å². The standard InChI is InChI=1S/C11H17N3O5S/c1-7-5-9-8(6-13(7)11(15)16)10(19-12-9)14-3-2-4-20(14,17)18/h7,17-18H,2-6H2,1H3,(H,15,16). The van der Waals surface area contributed by atoms with Crippen molar-refractivity contribution in [3.63, 3.8) is 0 Å². The van der Waals surface area contributed by atoms with Gasteiger partial charge in [-0.3, -0.25) is 9.11 Å². The zero-order chi connectivity index (χ0) is 14.5. The minimum Gasteiger partial charge on any atom is -0.465 e. The first-order chi connectivity index (χ1) is 9.40.